The Bertz CT molecular complexity index is 2020. The van der Waals surface area contributed by atoms with Gasteiger partial charge in [-0.05, 0) is 115 Å². The first-order valence-corrected chi connectivity index (χ1v) is 16.6. The van der Waals surface area contributed by atoms with Crippen LogP contribution in [0.15, 0.2) is 48.8 Å². The van der Waals surface area contributed by atoms with Gasteiger partial charge in [0.1, 0.15) is 18.0 Å². The van der Waals surface area contributed by atoms with Crippen LogP contribution in [0.1, 0.15) is 71.1 Å². The molecule has 2 aromatic carbocycles. The average Bonchev–Trinajstić information content (AvgIpc) is 3.32. The first-order chi connectivity index (χ1) is 23.5. The van der Waals surface area contributed by atoms with Crippen LogP contribution in [0.25, 0.3) is 22.5 Å². The van der Waals surface area contributed by atoms with E-state index >= 15 is 0 Å². The third-order valence-corrected chi connectivity index (χ3v) is 10.8. The number of carbonyl (C=O) groups is 1. The average molecular weight is 669 g/mol. The number of benzene rings is 2. The number of aliphatic hydroxyl groups excluding tert-OH is 1. The minimum Gasteiger partial charge on any atom is -0.394 e. The molecule has 2 aliphatic heterocycles. The maximum Gasteiger partial charge on any atom is 0.416 e. The molecule has 8 rings (SSSR count). The molecule has 4 aromatic rings. The normalized spacial score (nSPS) is 19.2. The van der Waals surface area contributed by atoms with Crippen LogP contribution in [0.2, 0.25) is 0 Å². The van der Waals surface area contributed by atoms with E-state index in [0.29, 0.717) is 64.3 Å². The molecule has 2 N–H and O–H groups in total. The highest BCUT2D eigenvalue weighted by atomic mass is 19.4. The summed E-state index contributed by atoms with van der Waals surface area (Å²) in [6, 6.07) is 13.6. The molecule has 2 aromatic heterocycles. The second-order valence-corrected chi connectivity index (χ2v) is 14.2. The number of aliphatic hydroxyl groups is 1. The predicted molar refractivity (Wildman–Crippen MR) is 175 cm³/mol. The van der Waals surface area contributed by atoms with E-state index in [1.807, 2.05) is 0 Å². The number of rotatable bonds is 8. The molecule has 0 unspecified atom stereocenters. The molecule has 10 nitrogen and oxygen atoms in total. The Kier molecular flexibility index (Phi) is 7.31. The fourth-order valence-electron chi connectivity index (χ4n) is 7.65. The number of nitrogens with zero attached hydrogens (tertiary/aromatic N) is 7. The minimum atomic E-state index is -4.65. The second-order valence-electron chi connectivity index (χ2n) is 14.2. The van der Waals surface area contributed by atoms with Gasteiger partial charge in [-0.15, -0.1) is 10.2 Å². The Morgan fingerprint density at radius 1 is 1.04 bits per heavy atom. The number of nitrogens with one attached hydrogen (secondary N) is 1. The van der Waals surface area contributed by atoms with Crippen molar-refractivity contribution in [2.24, 2.45) is 12.5 Å². The fraction of sp³-hybridized carbons (Fsp3) is 0.417. The molecule has 1 spiro atoms. The summed E-state index contributed by atoms with van der Waals surface area (Å²) in [5.74, 6) is 0.495. The van der Waals surface area contributed by atoms with Crippen LogP contribution in [0.3, 0.4) is 0 Å². The van der Waals surface area contributed by atoms with E-state index in [2.05, 4.69) is 26.5 Å². The van der Waals surface area contributed by atoms with Crippen LogP contribution < -0.4 is 10.2 Å². The van der Waals surface area contributed by atoms with Crippen molar-refractivity contribution < 1.29 is 23.1 Å². The predicted octanol–water partition coefficient (Wildman–Crippen LogP) is 5.91. The van der Waals surface area contributed by atoms with Crippen LogP contribution in [0.5, 0.6) is 0 Å². The van der Waals surface area contributed by atoms with Crippen molar-refractivity contribution in [3.63, 3.8) is 0 Å². The van der Waals surface area contributed by atoms with Crippen LogP contribution >= 0.6 is 0 Å². The Morgan fingerprint density at radius 3 is 2.49 bits per heavy atom. The van der Waals surface area contributed by atoms with Crippen molar-refractivity contribution in [1.82, 2.24) is 24.6 Å². The number of nitriles is 1. The van der Waals surface area contributed by atoms with Gasteiger partial charge in [0, 0.05) is 31.3 Å². The molecule has 252 valence electrons. The highest BCUT2D eigenvalue weighted by molar-refractivity contribution is 6.10. The molecule has 4 heterocycles. The zero-order valence-corrected chi connectivity index (χ0v) is 27.0. The summed E-state index contributed by atoms with van der Waals surface area (Å²) in [4.78, 5) is 22.4. The molecular weight excluding hydrogens is 633 g/mol. The lowest BCUT2D eigenvalue weighted by Gasteiger charge is -2.41. The minimum absolute atomic E-state index is 0.0314. The second kappa shape index (κ2) is 11.4. The number of aryl methyl sites for hydroxylation is 1. The molecule has 1 saturated heterocycles. The summed E-state index contributed by atoms with van der Waals surface area (Å²) in [5.41, 5.74) is 1.58. The van der Waals surface area contributed by atoms with E-state index < -0.39 is 23.2 Å². The number of aromatic nitrogens is 4. The van der Waals surface area contributed by atoms with Crippen LogP contribution in [0.4, 0.5) is 24.8 Å². The van der Waals surface area contributed by atoms with Gasteiger partial charge in [0.15, 0.2) is 5.82 Å². The van der Waals surface area contributed by atoms with Gasteiger partial charge in [-0.3, -0.25) is 14.6 Å². The van der Waals surface area contributed by atoms with Gasteiger partial charge >= 0.3 is 6.18 Å². The summed E-state index contributed by atoms with van der Waals surface area (Å²) < 4.78 is 45.5. The summed E-state index contributed by atoms with van der Waals surface area (Å²) in [7, 11) is 1.80. The Morgan fingerprint density at radius 2 is 1.86 bits per heavy atom. The van der Waals surface area contributed by atoms with E-state index in [1.54, 1.807) is 54.3 Å². The fourth-order valence-corrected chi connectivity index (χ4v) is 7.65. The molecular formula is C36H35F3N8O2. The number of hydrogen-bond acceptors (Lipinski definition) is 8. The number of anilines is 2. The maximum absolute atomic E-state index is 14.6. The van der Waals surface area contributed by atoms with Gasteiger partial charge in [0.2, 0.25) is 0 Å². The summed E-state index contributed by atoms with van der Waals surface area (Å²) in [5, 5.41) is 31.7. The SMILES string of the molecule is Cn1cnnc1-c1ccc(C#N)cc1-c1cc(NC2(CO)CCC2)nc(N2Cc3c(cc(CN4CCC5(CC5)C4)cc3C(F)(F)F)C2=O)c1. The third kappa shape index (κ3) is 5.62. The molecule has 13 heteroatoms. The molecule has 1 amide bonds. The molecule has 4 aliphatic rings. The summed E-state index contributed by atoms with van der Waals surface area (Å²) in [6.07, 6.45) is 2.64. The smallest absolute Gasteiger partial charge is 0.394 e. The largest absolute Gasteiger partial charge is 0.416 e. The van der Waals surface area contributed by atoms with Crippen molar-refractivity contribution in [3.8, 4) is 28.6 Å². The Labute approximate surface area is 281 Å². The number of likely N-dealkylation sites (tertiary alicyclic amines) is 1. The quantitative estimate of drug-likeness (QED) is 0.238. The summed E-state index contributed by atoms with van der Waals surface area (Å²) >= 11 is 0. The molecule has 0 atom stereocenters. The van der Waals surface area contributed by atoms with Gasteiger partial charge in [-0.1, -0.05) is 0 Å². The number of carbonyl (C=O) groups excluding carboxylic acids is 1. The van der Waals surface area contributed by atoms with E-state index in [0.717, 1.165) is 38.8 Å². The Hall–Kier alpha value is -4.80. The van der Waals surface area contributed by atoms with Crippen LogP contribution in [-0.4, -0.2) is 60.9 Å². The first kappa shape index (κ1) is 31.5. The highest BCUT2D eigenvalue weighted by Gasteiger charge is 2.48. The van der Waals surface area contributed by atoms with E-state index in [4.69, 9.17) is 4.98 Å². The van der Waals surface area contributed by atoms with Gasteiger partial charge in [0.25, 0.3) is 5.91 Å². The van der Waals surface area contributed by atoms with Crippen molar-refractivity contribution in [1.29, 1.82) is 5.26 Å². The molecule has 2 saturated carbocycles. The number of pyridine rings is 1. The van der Waals surface area contributed by atoms with Crippen molar-refractivity contribution in [2.75, 3.05) is 29.9 Å². The van der Waals surface area contributed by atoms with Gasteiger partial charge in [-0.25, -0.2) is 4.98 Å². The number of halogens is 3. The number of amides is 1. The maximum atomic E-state index is 14.6. The lowest BCUT2D eigenvalue weighted by atomic mass is 9.77. The highest BCUT2D eigenvalue weighted by Crippen LogP contribution is 2.53. The molecule has 3 fully saturated rings. The van der Waals surface area contributed by atoms with Gasteiger partial charge in [0.05, 0.1) is 35.9 Å². The van der Waals surface area contributed by atoms with Crippen LogP contribution in [-0.2, 0) is 26.3 Å². The zero-order valence-electron chi connectivity index (χ0n) is 27.0. The molecule has 49 heavy (non-hydrogen) atoms. The van der Waals surface area contributed by atoms with Crippen molar-refractivity contribution >= 4 is 17.5 Å². The lowest BCUT2D eigenvalue weighted by molar-refractivity contribution is -0.138. The topological polar surface area (TPSA) is 123 Å². The molecule has 0 radical (unpaired) electrons. The lowest BCUT2D eigenvalue weighted by Crippen LogP contribution is -2.48. The Balaban J connectivity index is 1.22. The molecule has 2 aliphatic carbocycles. The standard InChI is InChI=1S/C36H35F3N8O2/c1-45-21-41-44-32(45)25-4-3-22(16-40)11-26(25)24-14-30(43-35(20-48)5-2-6-35)42-31(15-24)47-18-28-27(33(47)49)12-23(13-29(28)36(37,38)39)17-46-10-9-34(19-46)7-8-34/h3-4,11-15,21,48H,2,5-10,17-20H2,1H3,(H,42,43). The van der Waals surface area contributed by atoms with E-state index in [9.17, 15) is 28.3 Å². The monoisotopic (exact) mass is 668 g/mol. The van der Waals surface area contributed by atoms with Crippen LogP contribution in [0, 0.1) is 16.7 Å². The zero-order chi connectivity index (χ0) is 34.1. The third-order valence-electron chi connectivity index (χ3n) is 10.8. The number of hydrogen-bond donors (Lipinski definition) is 2. The first-order valence-electron chi connectivity index (χ1n) is 16.6. The van der Waals surface area contributed by atoms with Gasteiger partial charge < -0.3 is 15.0 Å². The van der Waals surface area contributed by atoms with Crippen molar-refractivity contribution in [2.45, 2.75) is 63.3 Å². The number of alkyl halides is 3. The van der Waals surface area contributed by atoms with E-state index in [-0.39, 0.29) is 30.1 Å². The number of fused-ring (bicyclic) bond motifs is 1. The molecule has 0 bridgehead atoms. The van der Waals surface area contributed by atoms with Gasteiger partial charge in [-0.2, -0.15) is 18.4 Å². The van der Waals surface area contributed by atoms with E-state index in [1.165, 1.54) is 11.0 Å². The van der Waals surface area contributed by atoms with Crippen molar-refractivity contribution in [3.05, 3.63) is 76.6 Å². The summed E-state index contributed by atoms with van der Waals surface area (Å²) in [6.45, 7) is 1.63.